The highest BCUT2D eigenvalue weighted by atomic mass is 19.2. The summed E-state index contributed by atoms with van der Waals surface area (Å²) in [6.45, 7) is 4.40. The highest BCUT2D eigenvalue weighted by Crippen LogP contribution is 2.17. The van der Waals surface area contributed by atoms with Gasteiger partial charge in [0.2, 0.25) is 5.91 Å². The van der Waals surface area contributed by atoms with E-state index in [2.05, 4.69) is 5.32 Å². The van der Waals surface area contributed by atoms with E-state index in [1.165, 1.54) is 12.5 Å². The molecule has 1 atom stereocenters. The fourth-order valence-corrected chi connectivity index (χ4v) is 0.922. The average Bonchev–Trinajstić information content (AvgIpc) is 2.14. The van der Waals surface area contributed by atoms with Gasteiger partial charge in [-0.25, -0.2) is 4.39 Å². The van der Waals surface area contributed by atoms with Crippen molar-refractivity contribution in [2.45, 2.75) is 32.5 Å². The lowest BCUT2D eigenvalue weighted by atomic mass is 10.0. The quantitative estimate of drug-likeness (QED) is 0.495. The second-order valence-electron chi connectivity index (χ2n) is 3.74. The van der Waals surface area contributed by atoms with Crippen LogP contribution in [0.25, 0.3) is 0 Å². The molecule has 15 heavy (non-hydrogen) atoms. The Balaban J connectivity index is 3.90. The first-order chi connectivity index (χ1) is 6.90. The highest BCUT2D eigenvalue weighted by molar-refractivity contribution is 5.72. The molecule has 0 saturated carbocycles. The van der Waals surface area contributed by atoms with Gasteiger partial charge in [0.05, 0.1) is 18.8 Å². The molecule has 0 fully saturated rings. The molecule has 0 saturated heterocycles. The Labute approximate surface area is 88.3 Å². The molecule has 0 aromatic carbocycles. The van der Waals surface area contributed by atoms with Crippen LogP contribution in [0.15, 0.2) is 0 Å². The van der Waals surface area contributed by atoms with Crippen molar-refractivity contribution in [3.05, 3.63) is 0 Å². The van der Waals surface area contributed by atoms with Crippen LogP contribution in [0.5, 0.6) is 0 Å². The van der Waals surface area contributed by atoms with E-state index in [0.717, 1.165) is 0 Å². The molecule has 0 heterocycles. The number of rotatable bonds is 7. The monoisotopic (exact) mass is 224 g/mol. The van der Waals surface area contributed by atoms with Crippen LogP contribution < -0.4 is 10.9 Å². The molecule has 6 heteroatoms. The topological polar surface area (TPSA) is 50.4 Å². The van der Waals surface area contributed by atoms with E-state index >= 15 is 0 Å². The first-order valence-corrected chi connectivity index (χ1v) is 4.76. The predicted molar refractivity (Wildman–Crippen MR) is 52.7 cm³/mol. The summed E-state index contributed by atoms with van der Waals surface area (Å²) in [6.07, 6.45) is -1.33. The minimum atomic E-state index is -1.33. The number of hydrogen-bond donors (Lipinski definition) is 2. The van der Waals surface area contributed by atoms with E-state index in [9.17, 15) is 13.7 Å². The van der Waals surface area contributed by atoms with E-state index in [1.54, 1.807) is 13.8 Å². The number of carbonyl (C=O) groups excluding carboxylic acids is 1. The van der Waals surface area contributed by atoms with Crippen molar-refractivity contribution in [1.29, 1.82) is 0 Å². The average molecular weight is 224 g/mol. The molecule has 0 aliphatic carbocycles. The molecule has 2 N–H and O–H groups in total. The molecule has 0 aromatic heterocycles. The molecule has 0 rings (SSSR count). The molecular formula is C9H18F2N2O2. The van der Waals surface area contributed by atoms with Gasteiger partial charge in [-0.05, 0) is 13.8 Å². The first-order valence-electron chi connectivity index (χ1n) is 4.76. The standard InChI is InChI=1S/C9H18F2N2O2/c1-7(14)12-6-8(10)9(2,3)15-5-4-13-11/h8,13H,4-6H2,1-3H3,(H,12,14). The molecule has 0 bridgehead atoms. The van der Waals surface area contributed by atoms with Crippen LogP contribution in [0.3, 0.4) is 0 Å². The summed E-state index contributed by atoms with van der Waals surface area (Å²) in [7, 11) is 0. The molecule has 0 spiro atoms. The third-order valence-corrected chi connectivity index (χ3v) is 1.96. The lowest BCUT2D eigenvalue weighted by Crippen LogP contribution is -2.44. The van der Waals surface area contributed by atoms with E-state index in [0.29, 0.717) is 0 Å². The van der Waals surface area contributed by atoms with Crippen molar-refractivity contribution in [3.8, 4) is 0 Å². The summed E-state index contributed by atoms with van der Waals surface area (Å²) >= 11 is 0. The number of halogens is 2. The number of hydrogen-bond acceptors (Lipinski definition) is 3. The smallest absolute Gasteiger partial charge is 0.216 e. The molecule has 0 aliphatic heterocycles. The predicted octanol–water partition coefficient (Wildman–Crippen LogP) is 0.730. The Morgan fingerprint density at radius 2 is 2.13 bits per heavy atom. The van der Waals surface area contributed by atoms with Crippen LogP contribution in [-0.4, -0.2) is 37.4 Å². The fraction of sp³-hybridized carbons (Fsp3) is 0.889. The second-order valence-corrected chi connectivity index (χ2v) is 3.74. The summed E-state index contributed by atoms with van der Waals surface area (Å²) in [6, 6.07) is 0. The van der Waals surface area contributed by atoms with Gasteiger partial charge in [0, 0.05) is 13.5 Å². The zero-order valence-corrected chi connectivity index (χ0v) is 9.27. The zero-order chi connectivity index (χ0) is 11.9. The van der Waals surface area contributed by atoms with Crippen LogP contribution in [0.4, 0.5) is 8.87 Å². The van der Waals surface area contributed by atoms with Crippen LogP contribution in [0.1, 0.15) is 20.8 Å². The van der Waals surface area contributed by atoms with Crippen LogP contribution in [0.2, 0.25) is 0 Å². The van der Waals surface area contributed by atoms with Crippen molar-refractivity contribution in [1.82, 2.24) is 10.9 Å². The number of nitrogens with one attached hydrogen (secondary N) is 2. The Bertz CT molecular complexity index is 201. The van der Waals surface area contributed by atoms with Gasteiger partial charge in [0.1, 0.15) is 6.17 Å². The van der Waals surface area contributed by atoms with Gasteiger partial charge in [-0.1, -0.05) is 0 Å². The van der Waals surface area contributed by atoms with E-state index in [4.69, 9.17) is 4.74 Å². The summed E-state index contributed by atoms with van der Waals surface area (Å²) < 4.78 is 30.2. The number of ether oxygens (including phenoxy) is 1. The third kappa shape index (κ3) is 6.35. The maximum absolute atomic E-state index is 13.5. The van der Waals surface area contributed by atoms with Crippen LogP contribution in [-0.2, 0) is 9.53 Å². The molecule has 0 aliphatic rings. The Morgan fingerprint density at radius 1 is 1.53 bits per heavy atom. The lowest BCUT2D eigenvalue weighted by Gasteiger charge is -2.29. The SMILES string of the molecule is CC(=O)NCC(F)C(C)(C)OCCNF. The highest BCUT2D eigenvalue weighted by Gasteiger charge is 2.30. The summed E-state index contributed by atoms with van der Waals surface area (Å²) in [5.74, 6) is -0.293. The van der Waals surface area contributed by atoms with E-state index in [1.807, 2.05) is 0 Å². The van der Waals surface area contributed by atoms with Gasteiger partial charge in [-0.15, -0.1) is 4.48 Å². The van der Waals surface area contributed by atoms with Crippen molar-refractivity contribution in [2.24, 2.45) is 0 Å². The largest absolute Gasteiger partial charge is 0.371 e. The van der Waals surface area contributed by atoms with Gasteiger partial charge in [0.25, 0.3) is 0 Å². The van der Waals surface area contributed by atoms with Gasteiger partial charge in [-0.3, -0.25) is 4.79 Å². The molecule has 0 radical (unpaired) electrons. The van der Waals surface area contributed by atoms with E-state index < -0.39 is 11.8 Å². The zero-order valence-electron chi connectivity index (χ0n) is 9.27. The second kappa shape index (κ2) is 6.68. The van der Waals surface area contributed by atoms with Gasteiger partial charge >= 0.3 is 0 Å². The summed E-state index contributed by atoms with van der Waals surface area (Å²) in [4.78, 5) is 10.6. The Hall–Kier alpha value is -0.750. The lowest BCUT2D eigenvalue weighted by molar-refractivity contribution is -0.120. The van der Waals surface area contributed by atoms with Crippen molar-refractivity contribution >= 4 is 5.91 Å². The Kier molecular flexibility index (Phi) is 6.35. The maximum atomic E-state index is 13.5. The van der Waals surface area contributed by atoms with Gasteiger partial charge in [-0.2, -0.15) is 5.54 Å². The van der Waals surface area contributed by atoms with Crippen molar-refractivity contribution in [3.63, 3.8) is 0 Å². The molecule has 4 nitrogen and oxygen atoms in total. The molecule has 1 unspecified atom stereocenters. The normalized spacial score (nSPS) is 13.7. The number of alkyl halides is 1. The van der Waals surface area contributed by atoms with Gasteiger partial charge < -0.3 is 10.1 Å². The minimum absolute atomic E-state index is 0.0102. The molecule has 90 valence electrons. The maximum Gasteiger partial charge on any atom is 0.216 e. The summed E-state index contributed by atoms with van der Waals surface area (Å²) in [5.41, 5.74) is 0.370. The number of carbonyl (C=O) groups is 1. The first kappa shape index (κ1) is 14.2. The van der Waals surface area contributed by atoms with E-state index in [-0.39, 0.29) is 25.6 Å². The van der Waals surface area contributed by atoms with Crippen LogP contribution >= 0.6 is 0 Å². The van der Waals surface area contributed by atoms with Crippen molar-refractivity contribution in [2.75, 3.05) is 19.7 Å². The molecule has 1 amide bonds. The Morgan fingerprint density at radius 3 is 2.60 bits per heavy atom. The molecular weight excluding hydrogens is 206 g/mol. The number of amides is 1. The third-order valence-electron chi connectivity index (χ3n) is 1.96. The minimum Gasteiger partial charge on any atom is -0.371 e. The molecule has 0 aromatic rings. The summed E-state index contributed by atoms with van der Waals surface area (Å²) in [5, 5.41) is 2.36. The fourth-order valence-electron chi connectivity index (χ4n) is 0.922. The van der Waals surface area contributed by atoms with Crippen LogP contribution in [0, 0.1) is 0 Å². The van der Waals surface area contributed by atoms with Crippen molar-refractivity contribution < 1.29 is 18.4 Å². The van der Waals surface area contributed by atoms with Gasteiger partial charge in [0.15, 0.2) is 0 Å².